The van der Waals surface area contributed by atoms with Crippen LogP contribution in [0, 0.1) is 0 Å². The van der Waals surface area contributed by atoms with Gasteiger partial charge in [-0.15, -0.1) is 0 Å². The van der Waals surface area contributed by atoms with Crippen LogP contribution in [0.4, 0.5) is 5.69 Å². The highest BCUT2D eigenvalue weighted by Crippen LogP contribution is 2.23. The normalized spacial score (nSPS) is 14.4. The van der Waals surface area contributed by atoms with Crippen LogP contribution in [-0.4, -0.2) is 40.8 Å². The number of fused-ring (bicyclic) bond motifs is 1. The quantitative estimate of drug-likeness (QED) is 0.585. The van der Waals surface area contributed by atoms with Crippen molar-refractivity contribution in [2.24, 2.45) is 0 Å². The molecule has 6 nitrogen and oxygen atoms in total. The number of imidazole rings is 1. The first-order valence-corrected chi connectivity index (χ1v) is 9.85. The molecule has 3 heterocycles. The van der Waals surface area contributed by atoms with Crippen LogP contribution in [0.5, 0.6) is 0 Å². The first-order valence-electron chi connectivity index (χ1n) is 9.85. The van der Waals surface area contributed by atoms with E-state index in [4.69, 9.17) is 4.74 Å². The first-order chi connectivity index (χ1) is 14.3. The summed E-state index contributed by atoms with van der Waals surface area (Å²) < 4.78 is 7.05. The number of ether oxygens (including phenoxy) is 1. The van der Waals surface area contributed by atoms with E-state index in [1.807, 2.05) is 36.5 Å². The summed E-state index contributed by atoms with van der Waals surface area (Å²) >= 11 is 0. The van der Waals surface area contributed by atoms with Gasteiger partial charge in [-0.1, -0.05) is 42.5 Å². The van der Waals surface area contributed by atoms with Crippen LogP contribution in [0.25, 0.3) is 17.1 Å². The molecule has 0 aromatic heterocycles. The van der Waals surface area contributed by atoms with E-state index in [2.05, 4.69) is 39.1 Å². The van der Waals surface area contributed by atoms with E-state index in [1.165, 1.54) is 5.69 Å². The molecule has 2 aromatic carbocycles. The zero-order valence-corrected chi connectivity index (χ0v) is 16.0. The predicted molar refractivity (Wildman–Crippen MR) is 113 cm³/mol. The zero-order valence-electron chi connectivity index (χ0n) is 16.0. The van der Waals surface area contributed by atoms with Crippen LogP contribution >= 0.6 is 0 Å². The predicted octanol–water partition coefficient (Wildman–Crippen LogP) is 3.09. The van der Waals surface area contributed by atoms with Crippen molar-refractivity contribution in [3.8, 4) is 17.1 Å². The number of morpholine rings is 1. The molecule has 0 aliphatic carbocycles. The Hall–Kier alpha value is -3.38. The number of hydrogen-bond donors (Lipinski definition) is 1. The van der Waals surface area contributed by atoms with Gasteiger partial charge in [-0.05, 0) is 23.3 Å². The lowest BCUT2D eigenvalue weighted by Crippen LogP contribution is -2.36. The molecule has 3 aliphatic rings. The number of H-pyrrole nitrogens is 1. The lowest BCUT2D eigenvalue weighted by molar-refractivity contribution is 0.122. The maximum Gasteiger partial charge on any atom is 0.278 e. The summed E-state index contributed by atoms with van der Waals surface area (Å²) in [5.74, 6) is 0.634. The summed E-state index contributed by atoms with van der Waals surface area (Å²) in [5, 5.41) is 0. The Balaban J connectivity index is 1.43. The van der Waals surface area contributed by atoms with E-state index >= 15 is 0 Å². The third-order valence-electron chi connectivity index (χ3n) is 5.35. The Morgan fingerprint density at radius 2 is 1.76 bits per heavy atom. The summed E-state index contributed by atoms with van der Waals surface area (Å²) in [7, 11) is 0. The maximum atomic E-state index is 12.8. The smallest absolute Gasteiger partial charge is 0.278 e. The molecule has 0 unspecified atom stereocenters. The number of benzene rings is 2. The Morgan fingerprint density at radius 3 is 2.52 bits per heavy atom. The van der Waals surface area contributed by atoms with Gasteiger partial charge in [-0.3, -0.25) is 9.36 Å². The molecule has 0 saturated carbocycles. The highest BCUT2D eigenvalue weighted by atomic mass is 16.5. The molecule has 0 radical (unpaired) electrons. The van der Waals surface area contributed by atoms with Crippen molar-refractivity contribution in [1.82, 2.24) is 14.5 Å². The standard InChI is InChI=1S/C23H22N4O2/c28-23-20(14-17-4-2-1-3-5-17)25-22-15-24-21(16-27(22)23)18-6-8-19(9-7-18)26-10-12-29-13-11-26/h1-9,15-16,24H,10-14H2. The van der Waals surface area contributed by atoms with E-state index in [-0.39, 0.29) is 5.56 Å². The highest BCUT2D eigenvalue weighted by molar-refractivity contribution is 5.63. The average Bonchev–Trinajstić information content (AvgIpc) is 3.10. The lowest BCUT2D eigenvalue weighted by Gasteiger charge is -2.28. The number of aromatic amines is 1. The molecule has 1 saturated heterocycles. The second kappa shape index (κ2) is 7.56. The Kier molecular flexibility index (Phi) is 4.62. The largest absolute Gasteiger partial charge is 0.378 e. The van der Waals surface area contributed by atoms with Crippen LogP contribution in [0.2, 0.25) is 0 Å². The maximum absolute atomic E-state index is 12.8. The van der Waals surface area contributed by atoms with Gasteiger partial charge in [0.2, 0.25) is 0 Å². The van der Waals surface area contributed by atoms with Crippen LogP contribution in [0.15, 0.2) is 71.8 Å². The molecular weight excluding hydrogens is 364 g/mol. The number of nitrogens with one attached hydrogen (secondary N) is 1. The van der Waals surface area contributed by atoms with Gasteiger partial charge in [-0.25, -0.2) is 4.98 Å². The number of aromatic nitrogens is 3. The van der Waals surface area contributed by atoms with Crippen LogP contribution in [0.3, 0.4) is 0 Å². The lowest BCUT2D eigenvalue weighted by atomic mass is 10.1. The van der Waals surface area contributed by atoms with Gasteiger partial charge in [0.05, 0.1) is 18.9 Å². The van der Waals surface area contributed by atoms with E-state index in [0.29, 0.717) is 17.9 Å². The Morgan fingerprint density at radius 1 is 1.00 bits per heavy atom. The van der Waals surface area contributed by atoms with Crippen molar-refractivity contribution in [2.75, 3.05) is 31.2 Å². The monoisotopic (exact) mass is 386 g/mol. The van der Waals surface area contributed by atoms with Crippen molar-refractivity contribution in [2.45, 2.75) is 6.42 Å². The van der Waals surface area contributed by atoms with Crippen LogP contribution in [-0.2, 0) is 11.2 Å². The minimum atomic E-state index is -0.0657. The number of hydrogen-bond acceptors (Lipinski definition) is 4. The number of rotatable bonds is 4. The zero-order chi connectivity index (χ0) is 19.6. The summed E-state index contributed by atoms with van der Waals surface area (Å²) in [4.78, 5) is 23.0. The fraction of sp³-hybridized carbons (Fsp3) is 0.217. The molecule has 146 valence electrons. The van der Waals surface area contributed by atoms with Crippen LogP contribution < -0.4 is 10.5 Å². The molecular formula is C23H22N4O2. The molecule has 2 aromatic rings. The molecule has 0 amide bonds. The highest BCUT2D eigenvalue weighted by Gasteiger charge is 2.16. The third-order valence-corrected chi connectivity index (χ3v) is 5.35. The Labute approximate surface area is 168 Å². The molecule has 0 atom stereocenters. The number of anilines is 1. The van der Waals surface area contributed by atoms with Gasteiger partial charge in [0, 0.05) is 37.6 Å². The van der Waals surface area contributed by atoms with Crippen molar-refractivity contribution in [1.29, 1.82) is 0 Å². The molecule has 3 aliphatic heterocycles. The summed E-state index contributed by atoms with van der Waals surface area (Å²) in [6, 6.07) is 18.3. The van der Waals surface area contributed by atoms with Gasteiger partial charge in [-0.2, -0.15) is 0 Å². The Bertz CT molecular complexity index is 1130. The van der Waals surface area contributed by atoms with Crippen molar-refractivity contribution < 1.29 is 4.74 Å². The number of nitrogens with zero attached hydrogens (tertiary/aromatic N) is 3. The fourth-order valence-corrected chi connectivity index (χ4v) is 3.75. The van der Waals surface area contributed by atoms with E-state index in [0.717, 1.165) is 43.1 Å². The molecule has 0 spiro atoms. The van der Waals surface area contributed by atoms with E-state index in [1.54, 1.807) is 10.8 Å². The molecule has 1 fully saturated rings. The molecule has 6 heteroatoms. The second-order valence-electron chi connectivity index (χ2n) is 7.23. The van der Waals surface area contributed by atoms with Gasteiger partial charge in [0.25, 0.3) is 5.56 Å². The third kappa shape index (κ3) is 3.54. The van der Waals surface area contributed by atoms with Crippen molar-refractivity contribution in [3.05, 3.63) is 88.6 Å². The topological polar surface area (TPSA) is 63.1 Å². The van der Waals surface area contributed by atoms with E-state index in [9.17, 15) is 4.79 Å². The minimum Gasteiger partial charge on any atom is -0.378 e. The minimum absolute atomic E-state index is 0.0657. The van der Waals surface area contributed by atoms with Gasteiger partial charge in [0.15, 0.2) is 5.82 Å². The average molecular weight is 386 g/mol. The molecule has 1 N–H and O–H groups in total. The second-order valence-corrected chi connectivity index (χ2v) is 7.23. The van der Waals surface area contributed by atoms with Gasteiger partial charge < -0.3 is 14.6 Å². The summed E-state index contributed by atoms with van der Waals surface area (Å²) in [5.41, 5.74) is 4.67. The van der Waals surface area contributed by atoms with Crippen LogP contribution in [0.1, 0.15) is 11.3 Å². The van der Waals surface area contributed by atoms with Crippen molar-refractivity contribution in [3.63, 3.8) is 0 Å². The SMILES string of the molecule is O=c1c(Cc2ccccc2)nc2c[nH]c(-c3ccc(N4CCOCC4)cc3)cn1-2. The molecule has 29 heavy (non-hydrogen) atoms. The fourth-order valence-electron chi connectivity index (χ4n) is 3.75. The van der Waals surface area contributed by atoms with E-state index < -0.39 is 0 Å². The molecule has 0 bridgehead atoms. The van der Waals surface area contributed by atoms with Crippen molar-refractivity contribution >= 4 is 5.69 Å². The molecule has 5 rings (SSSR count). The van der Waals surface area contributed by atoms with Gasteiger partial charge in [0.1, 0.15) is 5.69 Å². The first kappa shape index (κ1) is 17.7. The van der Waals surface area contributed by atoms with Gasteiger partial charge >= 0.3 is 0 Å². The summed E-state index contributed by atoms with van der Waals surface area (Å²) in [6.07, 6.45) is 4.16. The summed E-state index contributed by atoms with van der Waals surface area (Å²) in [6.45, 7) is 3.36.